The van der Waals surface area contributed by atoms with Crippen LogP contribution in [-0.2, 0) is 27.2 Å². The number of alkyl carbamates (subject to hydrolysis) is 1. The van der Waals surface area contributed by atoms with Crippen LogP contribution in [0.3, 0.4) is 0 Å². The van der Waals surface area contributed by atoms with E-state index in [4.69, 9.17) is 9.47 Å². The van der Waals surface area contributed by atoms with Crippen LogP contribution < -0.4 is 15.4 Å². The first-order valence-corrected chi connectivity index (χ1v) is 14.2. The monoisotopic (exact) mass is 587 g/mol. The Kier molecular flexibility index (Phi) is 11.3. The molecule has 3 aromatic carbocycles. The number of rotatable bonds is 12. The van der Waals surface area contributed by atoms with Crippen LogP contribution >= 0.6 is 0 Å². The molecule has 0 radical (unpaired) electrons. The molecule has 9 heteroatoms. The first kappa shape index (κ1) is 32.7. The highest BCUT2D eigenvalue weighted by Crippen LogP contribution is 2.26. The lowest BCUT2D eigenvalue weighted by Gasteiger charge is -2.34. The molecule has 3 N–H and O–H groups in total. The van der Waals surface area contributed by atoms with Crippen LogP contribution in [0.15, 0.2) is 85.5 Å². The Bertz CT molecular complexity index is 1380. The quantitative estimate of drug-likeness (QED) is 0.231. The zero-order chi connectivity index (χ0) is 31.6. The van der Waals surface area contributed by atoms with Gasteiger partial charge >= 0.3 is 6.09 Å². The van der Waals surface area contributed by atoms with Gasteiger partial charge in [0.25, 0.3) is 5.91 Å². The number of hydrogen-bond donors (Lipinski definition) is 3. The summed E-state index contributed by atoms with van der Waals surface area (Å²) in [6.07, 6.45) is 1.67. The highest BCUT2D eigenvalue weighted by atomic mass is 16.6. The van der Waals surface area contributed by atoms with Crippen LogP contribution in [0.2, 0.25) is 0 Å². The molecule has 0 saturated carbocycles. The molecule has 228 valence electrons. The van der Waals surface area contributed by atoms with Crippen LogP contribution in [0.1, 0.15) is 50.4 Å². The lowest BCUT2D eigenvalue weighted by Crippen LogP contribution is -2.53. The van der Waals surface area contributed by atoms with Gasteiger partial charge in [-0.15, -0.1) is 6.58 Å². The SMILES string of the molecule is C=CCN(C(=O)C(Cc1ccc(O)cc1)NC(=O)OC(C)(C)C)C(C(=O)Nc1ccc(OC)cc1)c1ccc(CC)cc1. The van der Waals surface area contributed by atoms with E-state index in [9.17, 15) is 19.5 Å². The van der Waals surface area contributed by atoms with E-state index in [0.29, 0.717) is 22.6 Å². The van der Waals surface area contributed by atoms with Gasteiger partial charge in [0.2, 0.25) is 5.91 Å². The molecule has 0 fully saturated rings. The van der Waals surface area contributed by atoms with E-state index in [1.165, 1.54) is 23.1 Å². The Morgan fingerprint density at radius 1 is 0.953 bits per heavy atom. The smallest absolute Gasteiger partial charge is 0.408 e. The number of aryl methyl sites for hydroxylation is 1. The Morgan fingerprint density at radius 2 is 1.56 bits per heavy atom. The topological polar surface area (TPSA) is 117 Å². The second-order valence-electron chi connectivity index (χ2n) is 11.1. The fourth-order valence-electron chi connectivity index (χ4n) is 4.47. The van der Waals surface area contributed by atoms with Gasteiger partial charge in [0.05, 0.1) is 7.11 Å². The van der Waals surface area contributed by atoms with Gasteiger partial charge in [-0.25, -0.2) is 4.79 Å². The van der Waals surface area contributed by atoms with E-state index in [1.54, 1.807) is 64.3 Å². The lowest BCUT2D eigenvalue weighted by atomic mass is 9.99. The van der Waals surface area contributed by atoms with E-state index in [-0.39, 0.29) is 18.7 Å². The predicted molar refractivity (Wildman–Crippen MR) is 167 cm³/mol. The van der Waals surface area contributed by atoms with Crippen LogP contribution in [0.25, 0.3) is 0 Å². The normalized spacial score (nSPS) is 12.4. The fourth-order valence-corrected chi connectivity index (χ4v) is 4.47. The Balaban J connectivity index is 2.03. The highest BCUT2D eigenvalue weighted by molar-refractivity contribution is 5.99. The molecule has 43 heavy (non-hydrogen) atoms. The molecule has 0 aliphatic rings. The summed E-state index contributed by atoms with van der Waals surface area (Å²) in [6.45, 7) is 11.1. The second kappa shape index (κ2) is 14.9. The van der Waals surface area contributed by atoms with Crippen molar-refractivity contribution in [2.45, 2.75) is 58.2 Å². The first-order valence-electron chi connectivity index (χ1n) is 14.2. The van der Waals surface area contributed by atoms with Crippen molar-refractivity contribution in [3.05, 3.63) is 102 Å². The third-order valence-electron chi connectivity index (χ3n) is 6.60. The van der Waals surface area contributed by atoms with Crippen molar-refractivity contribution in [1.82, 2.24) is 10.2 Å². The van der Waals surface area contributed by atoms with Gasteiger partial charge in [-0.2, -0.15) is 0 Å². The average molecular weight is 588 g/mol. The summed E-state index contributed by atoms with van der Waals surface area (Å²) in [7, 11) is 1.56. The maximum Gasteiger partial charge on any atom is 0.408 e. The molecule has 2 atom stereocenters. The Labute approximate surface area is 253 Å². The number of anilines is 1. The Morgan fingerprint density at radius 3 is 2.09 bits per heavy atom. The first-order chi connectivity index (χ1) is 20.4. The number of amides is 3. The molecule has 0 heterocycles. The van der Waals surface area contributed by atoms with Crippen molar-refractivity contribution in [2.75, 3.05) is 19.0 Å². The molecule has 0 bridgehead atoms. The van der Waals surface area contributed by atoms with Crippen molar-refractivity contribution < 1.29 is 29.0 Å². The molecule has 9 nitrogen and oxygen atoms in total. The molecule has 3 amide bonds. The van der Waals surface area contributed by atoms with Crippen LogP contribution in [0.5, 0.6) is 11.5 Å². The second-order valence-corrected chi connectivity index (χ2v) is 11.1. The van der Waals surface area contributed by atoms with Crippen LogP contribution in [0, 0.1) is 0 Å². The molecule has 3 aromatic rings. The summed E-state index contributed by atoms with van der Waals surface area (Å²) in [4.78, 5) is 42.6. The minimum absolute atomic E-state index is 0.0249. The maximum atomic E-state index is 14.3. The number of benzene rings is 3. The molecule has 0 spiro atoms. The zero-order valence-corrected chi connectivity index (χ0v) is 25.4. The molecule has 2 unspecified atom stereocenters. The molecule has 3 rings (SSSR count). The van der Waals surface area contributed by atoms with Crippen LogP contribution in [-0.4, -0.2) is 53.2 Å². The van der Waals surface area contributed by atoms with Crippen molar-refractivity contribution in [3.63, 3.8) is 0 Å². The number of carbonyl (C=O) groups is 3. The summed E-state index contributed by atoms with van der Waals surface area (Å²) in [5, 5.41) is 15.4. The molecular weight excluding hydrogens is 546 g/mol. The third kappa shape index (κ3) is 9.63. The summed E-state index contributed by atoms with van der Waals surface area (Å²) in [5.74, 6) is -0.234. The summed E-state index contributed by atoms with van der Waals surface area (Å²) < 4.78 is 10.7. The lowest BCUT2D eigenvalue weighted by molar-refractivity contribution is -0.140. The van der Waals surface area contributed by atoms with Gasteiger partial charge in [0, 0.05) is 18.7 Å². The third-order valence-corrected chi connectivity index (χ3v) is 6.60. The number of nitrogens with zero attached hydrogens (tertiary/aromatic N) is 1. The number of phenolic OH excluding ortho intramolecular Hbond substituents is 1. The standard InChI is InChI=1S/C34H41N3O6/c1-7-21-37(32(40)29(36-33(41)43-34(3,4)5)22-24-11-17-27(38)18-12-24)30(25-13-9-23(8-2)10-14-25)31(39)35-26-15-19-28(42-6)20-16-26/h7,9-20,29-30,38H,1,8,21-22H2,2-6H3,(H,35,39)(H,36,41). The van der Waals surface area contributed by atoms with Gasteiger partial charge in [-0.3, -0.25) is 9.59 Å². The summed E-state index contributed by atoms with van der Waals surface area (Å²) in [5.41, 5.74) is 2.10. The molecule has 0 aromatic heterocycles. The van der Waals surface area contributed by atoms with E-state index in [1.807, 2.05) is 31.2 Å². The Hall–Kier alpha value is -4.79. The van der Waals surface area contributed by atoms with E-state index < -0.39 is 35.6 Å². The summed E-state index contributed by atoms with van der Waals surface area (Å²) in [6, 6.07) is 18.6. The number of phenols is 1. The van der Waals surface area contributed by atoms with Gasteiger partial charge in [-0.05, 0) is 80.3 Å². The number of aromatic hydroxyl groups is 1. The fraction of sp³-hybridized carbons (Fsp3) is 0.324. The van der Waals surface area contributed by atoms with Gasteiger partial charge in [0.1, 0.15) is 29.2 Å². The molecule has 0 saturated heterocycles. The van der Waals surface area contributed by atoms with Crippen molar-refractivity contribution >= 4 is 23.6 Å². The number of methoxy groups -OCH3 is 1. The molecule has 0 aliphatic heterocycles. The van der Waals surface area contributed by atoms with Crippen LogP contribution in [0.4, 0.5) is 10.5 Å². The minimum Gasteiger partial charge on any atom is -0.508 e. The van der Waals surface area contributed by atoms with Crippen molar-refractivity contribution in [1.29, 1.82) is 0 Å². The van der Waals surface area contributed by atoms with Gasteiger partial charge in [0.15, 0.2) is 0 Å². The minimum atomic E-state index is -1.09. The van der Waals surface area contributed by atoms with Gasteiger partial charge in [-0.1, -0.05) is 49.4 Å². The zero-order valence-electron chi connectivity index (χ0n) is 25.4. The summed E-state index contributed by atoms with van der Waals surface area (Å²) >= 11 is 0. The van der Waals surface area contributed by atoms with Gasteiger partial charge < -0.3 is 30.1 Å². The predicted octanol–water partition coefficient (Wildman–Crippen LogP) is 5.79. The number of nitrogens with one attached hydrogen (secondary N) is 2. The van der Waals surface area contributed by atoms with Crippen molar-refractivity contribution in [3.8, 4) is 11.5 Å². The van der Waals surface area contributed by atoms with E-state index >= 15 is 0 Å². The van der Waals surface area contributed by atoms with E-state index in [0.717, 1.165) is 12.0 Å². The largest absolute Gasteiger partial charge is 0.508 e. The number of hydrogen-bond acceptors (Lipinski definition) is 6. The maximum absolute atomic E-state index is 14.3. The van der Waals surface area contributed by atoms with Crippen molar-refractivity contribution in [2.24, 2.45) is 0 Å². The molecule has 0 aliphatic carbocycles. The van der Waals surface area contributed by atoms with E-state index in [2.05, 4.69) is 17.2 Å². The highest BCUT2D eigenvalue weighted by Gasteiger charge is 2.36. The number of ether oxygens (including phenoxy) is 2. The number of carbonyl (C=O) groups excluding carboxylic acids is 3. The molecular formula is C34H41N3O6. The average Bonchev–Trinajstić information content (AvgIpc) is 2.97.